The van der Waals surface area contributed by atoms with E-state index in [0.29, 0.717) is 27.9 Å². The Labute approximate surface area is 470 Å². The fourth-order valence-electron chi connectivity index (χ4n) is 12.2. The van der Waals surface area contributed by atoms with Gasteiger partial charge in [-0.2, -0.15) is 0 Å². The lowest BCUT2D eigenvalue weighted by molar-refractivity contribution is 0.669. The molecule has 0 spiro atoms. The van der Waals surface area contributed by atoms with Crippen molar-refractivity contribution in [3.05, 3.63) is 313 Å². The molecular formula is C78H52O. The van der Waals surface area contributed by atoms with Crippen molar-refractivity contribution in [1.29, 1.82) is 0 Å². The van der Waals surface area contributed by atoms with Crippen molar-refractivity contribution in [2.45, 2.75) is 12.8 Å². The van der Waals surface area contributed by atoms with E-state index >= 15 is 0 Å². The van der Waals surface area contributed by atoms with Crippen LogP contribution in [-0.4, -0.2) is 0 Å². The van der Waals surface area contributed by atoms with E-state index < -0.39 is 24.2 Å². The molecule has 0 aliphatic heterocycles. The van der Waals surface area contributed by atoms with Crippen molar-refractivity contribution in [2.75, 3.05) is 0 Å². The van der Waals surface area contributed by atoms with Crippen LogP contribution in [0.2, 0.25) is 0 Å². The van der Waals surface area contributed by atoms with Crippen LogP contribution < -0.4 is 0 Å². The maximum absolute atomic E-state index is 9.14. The standard InChI is InChI=1S/C41H28.C37H24O/c1-2-12-32-27-33(25-24-29(32)10-1)30-22-20-28(21-23-30)26-40-35-15-5-7-17-38(35)41(39-18-8-6-16-36(39)40)37-19-9-13-31-11-3-4-14-34(31)37;1-2-11-24(12-3-1)36-30-18-8-6-16-28(30)32(29-17-7-9-19-31(29)36)22-27-15-10-20-34-37(27)33-21-25-13-4-5-14-26(25)23-35(33)38-34/h1-25,27H,26H2;1-21,23H,22H2/i;6D,7D,8D,9D,16D,17D,18D,19D. The van der Waals surface area contributed by atoms with Crippen LogP contribution in [0, 0.1) is 0 Å². The second-order valence-corrected chi connectivity index (χ2v) is 20.4. The Morgan fingerprint density at radius 1 is 0.291 bits per heavy atom. The van der Waals surface area contributed by atoms with Gasteiger partial charge in [-0.25, -0.2) is 0 Å². The first kappa shape index (κ1) is 38.5. The summed E-state index contributed by atoms with van der Waals surface area (Å²) in [6.45, 7) is 0. The first-order valence-corrected chi connectivity index (χ1v) is 26.8. The molecule has 0 fully saturated rings. The van der Waals surface area contributed by atoms with Crippen LogP contribution in [0.4, 0.5) is 0 Å². The van der Waals surface area contributed by atoms with Crippen molar-refractivity contribution in [1.82, 2.24) is 0 Å². The summed E-state index contributed by atoms with van der Waals surface area (Å²) >= 11 is 0. The zero-order chi connectivity index (χ0) is 59.2. The van der Waals surface area contributed by atoms with E-state index in [-0.39, 0.29) is 52.1 Å². The van der Waals surface area contributed by atoms with Gasteiger partial charge in [-0.05, 0) is 168 Å². The Hall–Kier alpha value is -10.1. The maximum atomic E-state index is 9.14. The highest BCUT2D eigenvalue weighted by Gasteiger charge is 2.20. The van der Waals surface area contributed by atoms with Crippen LogP contribution in [0.1, 0.15) is 33.2 Å². The molecule has 370 valence electrons. The van der Waals surface area contributed by atoms with Crippen LogP contribution in [0.15, 0.2) is 295 Å². The lowest BCUT2D eigenvalue weighted by Gasteiger charge is -2.18. The summed E-state index contributed by atoms with van der Waals surface area (Å²) in [5.41, 5.74) is 11.4. The van der Waals surface area contributed by atoms with Crippen LogP contribution >= 0.6 is 0 Å². The number of hydrogen-bond acceptors (Lipinski definition) is 1. The largest absolute Gasteiger partial charge is 0.456 e. The van der Waals surface area contributed by atoms with Gasteiger partial charge in [0, 0.05) is 10.8 Å². The normalized spacial score (nSPS) is 13.1. The molecule has 1 nitrogen and oxygen atoms in total. The quantitative estimate of drug-likeness (QED) is 0.145. The summed E-state index contributed by atoms with van der Waals surface area (Å²) in [5.74, 6) is 0. The third-order valence-electron chi connectivity index (χ3n) is 15.9. The summed E-state index contributed by atoms with van der Waals surface area (Å²) in [4.78, 5) is 0. The van der Waals surface area contributed by atoms with Crippen LogP contribution in [0.25, 0.3) is 131 Å². The zero-order valence-corrected chi connectivity index (χ0v) is 42.9. The second-order valence-electron chi connectivity index (χ2n) is 20.4. The molecule has 0 aliphatic carbocycles. The number of rotatable bonds is 7. The molecule has 0 N–H and O–H groups in total. The first-order valence-electron chi connectivity index (χ1n) is 30.8. The Morgan fingerprint density at radius 2 is 0.810 bits per heavy atom. The van der Waals surface area contributed by atoms with Crippen molar-refractivity contribution in [3.8, 4) is 33.4 Å². The number of fused-ring (bicyclic) bond motifs is 10. The molecule has 0 aliphatic rings. The van der Waals surface area contributed by atoms with Gasteiger partial charge in [-0.15, -0.1) is 0 Å². The summed E-state index contributed by atoms with van der Waals surface area (Å²) in [6, 6.07) is 81.8. The highest BCUT2D eigenvalue weighted by atomic mass is 16.3. The minimum Gasteiger partial charge on any atom is -0.456 e. The van der Waals surface area contributed by atoms with Crippen molar-refractivity contribution < 1.29 is 15.4 Å². The zero-order valence-electron chi connectivity index (χ0n) is 50.9. The number of furan rings is 1. The van der Waals surface area contributed by atoms with E-state index in [1.807, 2.05) is 54.6 Å². The molecule has 1 heteroatoms. The van der Waals surface area contributed by atoms with Crippen molar-refractivity contribution >= 4 is 97.3 Å². The molecular weight excluding hydrogens is 953 g/mol. The van der Waals surface area contributed by atoms with Crippen LogP contribution in [0.5, 0.6) is 0 Å². The van der Waals surface area contributed by atoms with E-state index in [2.05, 4.69) is 164 Å². The SMILES string of the molecule is [2H]c1c([2H])c([2H])c2c(-c3ccccc3)c3c([2H])c([2H])c([2H])c([2H])c3c(Cc3cccc4oc5cc6ccccc6cc5c34)c2c1[2H].c1ccc2cc(-c3ccc(Cc4c5ccccc5c(-c5cccc6ccccc56)c5ccccc45)cc3)ccc2c1. The van der Waals surface area contributed by atoms with Crippen molar-refractivity contribution in [3.63, 3.8) is 0 Å². The Morgan fingerprint density at radius 3 is 1.49 bits per heavy atom. The second kappa shape index (κ2) is 19.5. The minimum atomic E-state index is -0.407. The third-order valence-corrected chi connectivity index (χ3v) is 15.9. The minimum absolute atomic E-state index is 0.130. The monoisotopic (exact) mass is 1010 g/mol. The van der Waals surface area contributed by atoms with E-state index in [4.69, 9.17) is 15.4 Å². The van der Waals surface area contributed by atoms with Gasteiger partial charge in [0.05, 0.1) is 11.0 Å². The fourth-order valence-corrected chi connectivity index (χ4v) is 12.2. The van der Waals surface area contributed by atoms with E-state index in [1.165, 1.54) is 76.5 Å². The highest BCUT2D eigenvalue weighted by molar-refractivity contribution is 6.19. The highest BCUT2D eigenvalue weighted by Crippen LogP contribution is 2.44. The third kappa shape index (κ3) is 8.18. The summed E-state index contributed by atoms with van der Waals surface area (Å²) in [7, 11) is 0. The van der Waals surface area contributed by atoms with Crippen LogP contribution in [0.3, 0.4) is 0 Å². The molecule has 0 amide bonds. The molecule has 16 rings (SSSR count). The van der Waals surface area contributed by atoms with Gasteiger partial charge in [0.2, 0.25) is 0 Å². The lowest BCUT2D eigenvalue weighted by Crippen LogP contribution is -1.96. The first-order chi connectivity index (χ1) is 42.5. The molecule has 0 unspecified atom stereocenters. The molecule has 1 heterocycles. The Bertz CT molecular complexity index is 5360. The number of hydrogen-bond donors (Lipinski definition) is 0. The van der Waals surface area contributed by atoms with E-state index in [9.17, 15) is 0 Å². The van der Waals surface area contributed by atoms with Gasteiger partial charge in [0.1, 0.15) is 11.2 Å². The number of benzene rings is 15. The molecule has 0 saturated carbocycles. The smallest absolute Gasteiger partial charge is 0.136 e. The van der Waals surface area contributed by atoms with Gasteiger partial charge in [0.15, 0.2) is 0 Å². The predicted molar refractivity (Wildman–Crippen MR) is 338 cm³/mol. The van der Waals surface area contributed by atoms with E-state index in [1.54, 1.807) is 24.3 Å². The summed E-state index contributed by atoms with van der Waals surface area (Å²) in [6.07, 6.45) is 1.01. The Kier molecular flexibility index (Phi) is 9.49. The van der Waals surface area contributed by atoms with Gasteiger partial charge >= 0.3 is 0 Å². The van der Waals surface area contributed by atoms with Gasteiger partial charge < -0.3 is 4.42 Å². The molecule has 1 aromatic heterocycles. The molecule has 0 saturated heterocycles. The fraction of sp³-hybridized carbons (Fsp3) is 0.0256. The van der Waals surface area contributed by atoms with E-state index in [0.717, 1.165) is 33.5 Å². The molecule has 16 aromatic rings. The summed E-state index contributed by atoms with van der Waals surface area (Å²) in [5, 5.41) is 15.1. The average molecular weight is 1010 g/mol. The van der Waals surface area contributed by atoms with Gasteiger partial charge in [0.25, 0.3) is 0 Å². The molecule has 79 heavy (non-hydrogen) atoms. The van der Waals surface area contributed by atoms with Gasteiger partial charge in [-0.1, -0.05) is 267 Å². The molecule has 0 radical (unpaired) electrons. The average Bonchev–Trinajstić information content (AvgIpc) is 1.07. The lowest BCUT2D eigenvalue weighted by atomic mass is 9.85. The molecule has 0 bridgehead atoms. The maximum Gasteiger partial charge on any atom is 0.136 e. The topological polar surface area (TPSA) is 13.1 Å². The molecule has 0 atom stereocenters. The van der Waals surface area contributed by atoms with Gasteiger partial charge in [-0.3, -0.25) is 0 Å². The molecule has 15 aromatic carbocycles. The Balaban J connectivity index is 0.000000147. The summed E-state index contributed by atoms with van der Waals surface area (Å²) < 4.78 is 77.2. The van der Waals surface area contributed by atoms with Crippen LogP contribution in [-0.2, 0) is 12.8 Å². The van der Waals surface area contributed by atoms with Crippen molar-refractivity contribution in [2.24, 2.45) is 0 Å². The predicted octanol–water partition coefficient (Wildman–Crippen LogP) is 21.5.